The maximum absolute atomic E-state index is 15.6. The summed E-state index contributed by atoms with van der Waals surface area (Å²) in [6.45, 7) is 20.9. The highest BCUT2D eigenvalue weighted by Gasteiger charge is 2.45. The van der Waals surface area contributed by atoms with Crippen LogP contribution in [0.1, 0.15) is 164 Å². The SMILES string of the molecule is CC[C@H](C)[C@H]1C(=O)N[C@@H]([C@@H](C)O)C(=O)N[C@@H](Cc2ccccc2)C(=O)N2CCC[C@H]2C(=O)NCC(=O)N(C)[C@@H](CC(C)C)C(=O)N[C@H](C(=O)N(C)[C@@H](Cc2ccccc2)C(=O)N[C@@H](C)C(=O)N2CCCCC2)CC(=O)N[C@H](C(C)C)C(=O)N[C@@H](Cc2ccccc2)C(=O)N(C)[C@@H](CC(C)C)C(=O)N[C@@H](CC(C)C)C(=O)N1C. The molecular formula is C83H124N14O15. The number of nitrogens with zero attached hydrogens (tertiary/aromatic N) is 6. The quantitative estimate of drug-likeness (QED) is 0.0740. The molecule has 14 amide bonds. The lowest BCUT2D eigenvalue weighted by Crippen LogP contribution is -2.63. The molecule has 3 aliphatic rings. The van der Waals surface area contributed by atoms with Crippen molar-refractivity contribution in [3.63, 3.8) is 0 Å². The van der Waals surface area contributed by atoms with E-state index in [1.54, 1.807) is 144 Å². The molecule has 3 aliphatic heterocycles. The zero-order valence-corrected chi connectivity index (χ0v) is 68.4. The molecule has 0 spiro atoms. The number of carbonyl (C=O) groups excluding carboxylic acids is 14. The minimum atomic E-state index is -1.84. The van der Waals surface area contributed by atoms with Gasteiger partial charge in [-0.2, -0.15) is 0 Å². The average Bonchev–Trinajstić information content (AvgIpc) is 1.48. The van der Waals surface area contributed by atoms with E-state index in [2.05, 4.69) is 42.5 Å². The Morgan fingerprint density at radius 2 is 1.02 bits per heavy atom. The molecule has 616 valence electrons. The van der Waals surface area contributed by atoms with Crippen LogP contribution in [0.2, 0.25) is 0 Å². The number of rotatable bonds is 21. The molecular weight excluding hydrogens is 1430 g/mol. The Hall–Kier alpha value is -9.80. The highest BCUT2D eigenvalue weighted by molar-refractivity contribution is 6.01. The van der Waals surface area contributed by atoms with Gasteiger partial charge in [-0.15, -0.1) is 0 Å². The number of piperidine rings is 1. The summed E-state index contributed by atoms with van der Waals surface area (Å²) >= 11 is 0. The number of aliphatic hydroxyl groups is 1. The fourth-order valence-corrected chi connectivity index (χ4v) is 14.7. The first-order valence-electron chi connectivity index (χ1n) is 39.8. The molecule has 0 aliphatic carbocycles. The molecule has 3 heterocycles. The van der Waals surface area contributed by atoms with Crippen molar-refractivity contribution < 1.29 is 72.2 Å². The van der Waals surface area contributed by atoms with Crippen molar-refractivity contribution in [1.29, 1.82) is 0 Å². The third-order valence-corrected chi connectivity index (χ3v) is 21.4. The van der Waals surface area contributed by atoms with Crippen LogP contribution in [0.25, 0.3) is 0 Å². The van der Waals surface area contributed by atoms with Crippen LogP contribution >= 0.6 is 0 Å². The van der Waals surface area contributed by atoms with Gasteiger partial charge in [0.15, 0.2) is 0 Å². The number of amides is 14. The molecule has 3 saturated heterocycles. The van der Waals surface area contributed by atoms with Gasteiger partial charge in [0.05, 0.1) is 19.1 Å². The summed E-state index contributed by atoms with van der Waals surface area (Å²) in [6, 6.07) is 9.49. The van der Waals surface area contributed by atoms with E-state index in [1.165, 1.54) is 49.8 Å². The third kappa shape index (κ3) is 25.9. The predicted octanol–water partition coefficient (Wildman–Crippen LogP) is 3.18. The summed E-state index contributed by atoms with van der Waals surface area (Å²) in [4.78, 5) is 217. The Kier molecular flexibility index (Phi) is 35.2. The number of nitrogens with one attached hydrogen (secondary N) is 8. The van der Waals surface area contributed by atoms with Crippen molar-refractivity contribution in [3.8, 4) is 0 Å². The Morgan fingerprint density at radius 1 is 0.527 bits per heavy atom. The summed E-state index contributed by atoms with van der Waals surface area (Å²) in [5.41, 5.74) is 1.82. The highest BCUT2D eigenvalue weighted by Crippen LogP contribution is 2.25. The number of likely N-dealkylation sites (tertiary alicyclic amines) is 1. The number of hydrogen-bond acceptors (Lipinski definition) is 15. The first kappa shape index (κ1) is 91.1. The topological polar surface area (TPSA) is 375 Å². The third-order valence-electron chi connectivity index (χ3n) is 21.4. The molecule has 6 rings (SSSR count). The summed E-state index contributed by atoms with van der Waals surface area (Å²) in [5.74, 6) is -13.0. The second-order valence-corrected chi connectivity index (χ2v) is 32.2. The first-order chi connectivity index (χ1) is 52.9. The van der Waals surface area contributed by atoms with Gasteiger partial charge in [-0.25, -0.2) is 0 Å². The van der Waals surface area contributed by atoms with Crippen LogP contribution in [-0.2, 0) is 86.4 Å². The first-order valence-corrected chi connectivity index (χ1v) is 39.8. The molecule has 0 bridgehead atoms. The lowest BCUT2D eigenvalue weighted by molar-refractivity contribution is -0.147. The van der Waals surface area contributed by atoms with Gasteiger partial charge in [0.25, 0.3) is 0 Å². The molecule has 0 saturated carbocycles. The van der Waals surface area contributed by atoms with Gasteiger partial charge < -0.3 is 77.0 Å². The van der Waals surface area contributed by atoms with E-state index in [1.807, 2.05) is 27.7 Å². The molecule has 0 aromatic heterocycles. The maximum atomic E-state index is 15.6. The Balaban J connectivity index is 1.48. The van der Waals surface area contributed by atoms with Crippen LogP contribution < -0.4 is 42.5 Å². The van der Waals surface area contributed by atoms with Crippen molar-refractivity contribution in [2.75, 3.05) is 54.4 Å². The van der Waals surface area contributed by atoms with Gasteiger partial charge in [-0.05, 0) is 111 Å². The molecule has 29 heteroatoms. The molecule has 29 nitrogen and oxygen atoms in total. The zero-order chi connectivity index (χ0) is 83.0. The molecule has 0 unspecified atom stereocenters. The molecule has 9 N–H and O–H groups in total. The lowest BCUT2D eigenvalue weighted by atomic mass is 9.94. The Bertz CT molecular complexity index is 3710. The second-order valence-electron chi connectivity index (χ2n) is 32.2. The van der Waals surface area contributed by atoms with E-state index in [0.29, 0.717) is 42.6 Å². The summed E-state index contributed by atoms with van der Waals surface area (Å²) in [6.07, 6.45) is 0.621. The predicted molar refractivity (Wildman–Crippen MR) is 423 cm³/mol. The molecule has 14 atom stereocenters. The van der Waals surface area contributed by atoms with Gasteiger partial charge in [-0.1, -0.05) is 167 Å². The van der Waals surface area contributed by atoms with Crippen molar-refractivity contribution >= 4 is 82.7 Å². The van der Waals surface area contributed by atoms with Crippen molar-refractivity contribution in [1.82, 2.24) is 71.9 Å². The molecule has 3 aromatic carbocycles. The Labute approximate surface area is 660 Å². The van der Waals surface area contributed by atoms with Gasteiger partial charge in [0.1, 0.15) is 72.5 Å². The van der Waals surface area contributed by atoms with Crippen LogP contribution in [0.15, 0.2) is 91.0 Å². The van der Waals surface area contributed by atoms with Gasteiger partial charge in [0, 0.05) is 67.1 Å². The van der Waals surface area contributed by atoms with E-state index in [0.717, 1.165) is 29.1 Å². The van der Waals surface area contributed by atoms with Crippen molar-refractivity contribution in [2.24, 2.45) is 29.6 Å². The lowest BCUT2D eigenvalue weighted by Gasteiger charge is -2.37. The van der Waals surface area contributed by atoms with Crippen molar-refractivity contribution in [3.05, 3.63) is 108 Å². The normalized spacial score (nSPS) is 24.5. The number of hydrogen-bond donors (Lipinski definition) is 9. The number of carbonyl (C=O) groups is 14. The number of benzene rings is 3. The monoisotopic (exact) mass is 1560 g/mol. The molecule has 0 radical (unpaired) electrons. The zero-order valence-electron chi connectivity index (χ0n) is 68.4. The van der Waals surface area contributed by atoms with Gasteiger partial charge in [-0.3, -0.25) is 67.1 Å². The average molecular weight is 1560 g/mol. The van der Waals surface area contributed by atoms with E-state index in [9.17, 15) is 33.9 Å². The van der Waals surface area contributed by atoms with E-state index in [-0.39, 0.29) is 75.2 Å². The number of likely N-dealkylation sites (N-methyl/N-ethyl adjacent to an activating group) is 4. The Morgan fingerprint density at radius 3 is 1.54 bits per heavy atom. The highest BCUT2D eigenvalue weighted by atomic mass is 16.3. The fraction of sp³-hybridized carbons (Fsp3) is 0.614. The minimum Gasteiger partial charge on any atom is -0.391 e. The minimum absolute atomic E-state index is 0.0314. The van der Waals surface area contributed by atoms with Gasteiger partial charge in [0.2, 0.25) is 82.7 Å². The van der Waals surface area contributed by atoms with E-state index in [4.69, 9.17) is 0 Å². The summed E-state index contributed by atoms with van der Waals surface area (Å²) in [5, 5.41) is 33.6. The van der Waals surface area contributed by atoms with E-state index < -0.39 is 180 Å². The summed E-state index contributed by atoms with van der Waals surface area (Å²) in [7, 11) is 5.46. The fourth-order valence-electron chi connectivity index (χ4n) is 14.7. The smallest absolute Gasteiger partial charge is 0.246 e. The van der Waals surface area contributed by atoms with Crippen LogP contribution in [0.4, 0.5) is 0 Å². The number of aliphatic hydroxyl groups excluding tert-OH is 1. The molecule has 3 fully saturated rings. The summed E-state index contributed by atoms with van der Waals surface area (Å²) < 4.78 is 0. The second kappa shape index (κ2) is 43.3. The van der Waals surface area contributed by atoms with E-state index >= 15 is 38.4 Å². The van der Waals surface area contributed by atoms with Crippen LogP contribution in [0.5, 0.6) is 0 Å². The van der Waals surface area contributed by atoms with Crippen LogP contribution in [0.3, 0.4) is 0 Å². The number of fused-ring (bicyclic) bond motifs is 1. The van der Waals surface area contributed by atoms with Crippen LogP contribution in [-0.4, -0.2) is 250 Å². The largest absolute Gasteiger partial charge is 0.391 e. The van der Waals surface area contributed by atoms with Crippen LogP contribution in [0, 0.1) is 29.6 Å². The molecule has 112 heavy (non-hydrogen) atoms. The standard InChI is InChI=1S/C83H124N14O15/c1-17-53(10)71-78(107)91-70(55(12)98)77(106)89-61(45-57-33-24-19-25-34-57)83(112)97-40-30-37-63(97)72(101)84-48-68(100)92(13)64(42-50(4)5)74(103)87-62(81(110)94(15)66(46-58-35-26-20-27-36-58)73(102)85-54(11)79(108)96-38-28-21-29-39-96)47-67(99)90-69(52(8)9)76(105)88-60(44-56-31-22-18-23-32-56)80(109)93(14)65(43-51(6)7)75(104)86-59(41-49(2)3)82(111)95(71)16/h18-20,22-27,31-36,49-55,59-66,69-71,98H,17,21,28-30,37-48H2,1-16H3,(H,84,101)(H,85,102)(H,86,104)(H,87,103)(H,88,105)(H,89,106)(H,90,99)(H,91,107)/t53-,54-,55+,59-,60-,61-,62-,63-,64-,65-,66-,69+,70-,71-/m0/s1. The van der Waals surface area contributed by atoms with Gasteiger partial charge >= 0.3 is 0 Å². The molecule has 3 aromatic rings. The van der Waals surface area contributed by atoms with Crippen molar-refractivity contribution in [2.45, 2.75) is 245 Å². The maximum Gasteiger partial charge on any atom is 0.246 e.